The zero-order valence-electron chi connectivity index (χ0n) is 11.0. The molecule has 106 valence electrons. The van der Waals surface area contributed by atoms with Gasteiger partial charge in [-0.1, -0.05) is 37.0 Å². The van der Waals surface area contributed by atoms with Crippen molar-refractivity contribution in [1.29, 1.82) is 0 Å². The highest BCUT2D eigenvalue weighted by Gasteiger charge is 2.14. The van der Waals surface area contributed by atoms with Gasteiger partial charge in [0.05, 0.1) is 14.3 Å². The molecule has 3 nitrogen and oxygen atoms in total. The van der Waals surface area contributed by atoms with Gasteiger partial charge in [0.25, 0.3) is 0 Å². The second kappa shape index (κ2) is 6.45. The van der Waals surface area contributed by atoms with E-state index in [-0.39, 0.29) is 10.8 Å². The highest BCUT2D eigenvalue weighted by molar-refractivity contribution is 14.1. The van der Waals surface area contributed by atoms with Crippen LogP contribution in [-0.2, 0) is 6.42 Å². The van der Waals surface area contributed by atoms with Crippen LogP contribution >= 0.6 is 45.8 Å². The minimum atomic E-state index is 0.0365. The van der Waals surface area contributed by atoms with E-state index in [1.165, 1.54) is 6.07 Å². The van der Waals surface area contributed by atoms with E-state index in [0.29, 0.717) is 16.9 Å². The van der Waals surface area contributed by atoms with Crippen LogP contribution in [0.25, 0.3) is 11.4 Å². The first-order chi connectivity index (χ1) is 9.38. The van der Waals surface area contributed by atoms with Gasteiger partial charge in [-0.2, -0.15) is 0 Å². The maximum absolute atomic E-state index is 9.46. The van der Waals surface area contributed by atoms with Gasteiger partial charge >= 0.3 is 0 Å². The van der Waals surface area contributed by atoms with Crippen LogP contribution in [-0.4, -0.2) is 15.1 Å². The van der Waals surface area contributed by atoms with E-state index >= 15 is 0 Å². The Morgan fingerprint density at radius 1 is 1.25 bits per heavy atom. The Bertz CT molecular complexity index is 647. The van der Waals surface area contributed by atoms with Crippen molar-refractivity contribution in [3.63, 3.8) is 0 Å². The van der Waals surface area contributed by atoms with Crippen LogP contribution in [0.4, 0.5) is 0 Å². The summed E-state index contributed by atoms with van der Waals surface area (Å²) in [4.78, 5) is 8.86. The lowest BCUT2D eigenvalue weighted by Gasteiger charge is -2.10. The highest BCUT2D eigenvalue weighted by atomic mass is 127. The molecular weight excluding hydrogens is 410 g/mol. The van der Waals surface area contributed by atoms with E-state index < -0.39 is 0 Å². The molecule has 1 aromatic carbocycles. The minimum Gasteiger partial charge on any atom is -0.506 e. The standard InChI is InChI=1S/C14H13Cl2IN2O/c1-7(2)5-10-12(17)13(16)19-14(18-10)8-3-4-11(20)9(15)6-8/h3-4,6-7,20H,5H2,1-2H3. The Balaban J connectivity index is 2.51. The molecule has 0 unspecified atom stereocenters. The number of rotatable bonds is 3. The van der Waals surface area contributed by atoms with Crippen molar-refractivity contribution in [2.45, 2.75) is 20.3 Å². The summed E-state index contributed by atoms with van der Waals surface area (Å²) in [5.74, 6) is 1.04. The minimum absolute atomic E-state index is 0.0365. The van der Waals surface area contributed by atoms with Crippen LogP contribution in [0.1, 0.15) is 19.5 Å². The number of aromatic nitrogens is 2. The lowest BCUT2D eigenvalue weighted by Crippen LogP contribution is -2.04. The van der Waals surface area contributed by atoms with Gasteiger partial charge in [-0.25, -0.2) is 9.97 Å². The molecule has 0 bridgehead atoms. The second-order valence-corrected chi connectivity index (χ2v) is 6.71. The number of benzene rings is 1. The van der Waals surface area contributed by atoms with Crippen LogP contribution in [0.15, 0.2) is 18.2 Å². The molecular formula is C14H13Cl2IN2O. The fraction of sp³-hybridized carbons (Fsp3) is 0.286. The molecule has 1 heterocycles. The molecule has 0 fully saturated rings. The van der Waals surface area contributed by atoms with Gasteiger partial charge in [-0.15, -0.1) is 0 Å². The zero-order chi connectivity index (χ0) is 14.9. The van der Waals surface area contributed by atoms with E-state index in [0.717, 1.165) is 21.2 Å². The first-order valence-corrected chi connectivity index (χ1v) is 7.92. The number of nitrogens with zero attached hydrogens (tertiary/aromatic N) is 2. The van der Waals surface area contributed by atoms with Crippen LogP contribution in [0.5, 0.6) is 5.75 Å². The molecule has 2 rings (SSSR count). The molecule has 0 aliphatic heterocycles. The third-order valence-electron chi connectivity index (χ3n) is 2.69. The van der Waals surface area contributed by atoms with E-state index in [4.69, 9.17) is 23.2 Å². The Morgan fingerprint density at radius 2 is 1.95 bits per heavy atom. The highest BCUT2D eigenvalue weighted by Crippen LogP contribution is 2.30. The monoisotopic (exact) mass is 422 g/mol. The normalized spacial score (nSPS) is 11.1. The van der Waals surface area contributed by atoms with Gasteiger partial charge in [0.1, 0.15) is 10.9 Å². The summed E-state index contributed by atoms with van der Waals surface area (Å²) in [5.41, 5.74) is 1.66. The number of phenols is 1. The lowest BCUT2D eigenvalue weighted by molar-refractivity contribution is 0.475. The molecule has 0 amide bonds. The van der Waals surface area contributed by atoms with Crippen LogP contribution in [0.3, 0.4) is 0 Å². The summed E-state index contributed by atoms with van der Waals surface area (Å²) in [5, 5.41) is 10.2. The molecule has 2 aromatic rings. The van der Waals surface area contributed by atoms with E-state index in [1.54, 1.807) is 12.1 Å². The Hall–Kier alpha value is -0.590. The largest absolute Gasteiger partial charge is 0.506 e. The van der Waals surface area contributed by atoms with E-state index in [2.05, 4.69) is 46.4 Å². The van der Waals surface area contributed by atoms with Gasteiger partial charge in [-0.3, -0.25) is 0 Å². The number of halogens is 3. The van der Waals surface area contributed by atoms with Crippen LogP contribution < -0.4 is 0 Å². The molecule has 0 radical (unpaired) electrons. The first kappa shape index (κ1) is 15.8. The molecule has 0 saturated carbocycles. The molecule has 1 aromatic heterocycles. The number of phenolic OH excluding ortho intramolecular Hbond substituents is 1. The van der Waals surface area contributed by atoms with Gasteiger partial charge in [0.15, 0.2) is 5.82 Å². The lowest BCUT2D eigenvalue weighted by atomic mass is 10.1. The topological polar surface area (TPSA) is 46.0 Å². The number of hydrogen-bond acceptors (Lipinski definition) is 3. The maximum Gasteiger partial charge on any atom is 0.161 e. The fourth-order valence-electron chi connectivity index (χ4n) is 1.76. The summed E-state index contributed by atoms with van der Waals surface area (Å²) in [6.45, 7) is 4.26. The summed E-state index contributed by atoms with van der Waals surface area (Å²) >= 11 is 14.3. The van der Waals surface area contributed by atoms with Crippen LogP contribution in [0.2, 0.25) is 10.2 Å². The summed E-state index contributed by atoms with van der Waals surface area (Å²) in [6.07, 6.45) is 0.833. The third kappa shape index (κ3) is 3.54. The Kier molecular flexibility index (Phi) is 5.09. The van der Waals surface area contributed by atoms with Crippen molar-refractivity contribution in [3.8, 4) is 17.1 Å². The third-order valence-corrected chi connectivity index (χ3v) is 4.72. The van der Waals surface area contributed by atoms with Crippen molar-refractivity contribution in [3.05, 3.63) is 37.6 Å². The molecule has 1 N–H and O–H groups in total. The zero-order valence-corrected chi connectivity index (χ0v) is 14.7. The summed E-state index contributed by atoms with van der Waals surface area (Å²) in [6, 6.07) is 4.88. The SMILES string of the molecule is CC(C)Cc1nc(-c2ccc(O)c(Cl)c2)nc(Cl)c1I. The Morgan fingerprint density at radius 3 is 2.55 bits per heavy atom. The average Bonchev–Trinajstić information content (AvgIpc) is 2.37. The predicted octanol–water partition coefficient (Wildman–Crippen LogP) is 4.96. The van der Waals surface area contributed by atoms with Crippen molar-refractivity contribution in [1.82, 2.24) is 9.97 Å². The maximum atomic E-state index is 9.46. The van der Waals surface area contributed by atoms with Crippen molar-refractivity contribution < 1.29 is 5.11 Å². The molecule has 0 saturated heterocycles. The first-order valence-electron chi connectivity index (χ1n) is 6.09. The summed E-state index contributed by atoms with van der Waals surface area (Å²) in [7, 11) is 0. The fourth-order valence-corrected chi connectivity index (χ4v) is 2.59. The van der Waals surface area contributed by atoms with Crippen molar-refractivity contribution in [2.75, 3.05) is 0 Å². The molecule has 0 aliphatic carbocycles. The molecule has 0 spiro atoms. The van der Waals surface area contributed by atoms with Gasteiger partial charge in [-0.05, 0) is 53.1 Å². The van der Waals surface area contributed by atoms with Gasteiger partial charge in [0.2, 0.25) is 0 Å². The molecule has 0 aliphatic rings. The molecule has 0 atom stereocenters. The quantitative estimate of drug-likeness (QED) is 0.561. The number of hydrogen-bond donors (Lipinski definition) is 1. The van der Waals surface area contributed by atoms with E-state index in [9.17, 15) is 5.11 Å². The number of aromatic hydroxyl groups is 1. The molecule has 6 heteroatoms. The van der Waals surface area contributed by atoms with Crippen molar-refractivity contribution in [2.24, 2.45) is 5.92 Å². The Labute approximate surface area is 141 Å². The second-order valence-electron chi connectivity index (χ2n) is 4.86. The van der Waals surface area contributed by atoms with E-state index in [1.807, 2.05) is 0 Å². The van der Waals surface area contributed by atoms with Crippen LogP contribution in [0, 0.1) is 9.49 Å². The van der Waals surface area contributed by atoms with Gasteiger partial charge < -0.3 is 5.11 Å². The van der Waals surface area contributed by atoms with Crippen molar-refractivity contribution >= 4 is 45.8 Å². The summed E-state index contributed by atoms with van der Waals surface area (Å²) < 4.78 is 0.881. The average molecular weight is 423 g/mol. The smallest absolute Gasteiger partial charge is 0.161 e. The van der Waals surface area contributed by atoms with Gasteiger partial charge in [0, 0.05) is 5.56 Å². The molecule has 20 heavy (non-hydrogen) atoms. The predicted molar refractivity (Wildman–Crippen MR) is 90.4 cm³/mol.